The van der Waals surface area contributed by atoms with E-state index in [1.165, 1.54) is 0 Å². The first-order chi connectivity index (χ1) is 10.3. The zero-order valence-corrected chi connectivity index (χ0v) is 14.0. The number of rotatable bonds is 2. The third-order valence-electron chi connectivity index (χ3n) is 3.37. The number of nitrogen functional groups attached to an aromatic ring is 1. The molecule has 1 fully saturated rings. The van der Waals surface area contributed by atoms with Crippen molar-refractivity contribution in [3.63, 3.8) is 0 Å². The summed E-state index contributed by atoms with van der Waals surface area (Å²) < 4.78 is 5.42. The number of nitrogens with one attached hydrogen (secondary N) is 1. The lowest BCUT2D eigenvalue weighted by molar-refractivity contribution is 0.0206. The first-order valence-electron chi connectivity index (χ1n) is 7.41. The van der Waals surface area contributed by atoms with Crippen molar-refractivity contribution < 1.29 is 9.53 Å². The minimum absolute atomic E-state index is 0.113. The third kappa shape index (κ3) is 4.40. The predicted octanol–water partition coefficient (Wildman–Crippen LogP) is 3.13. The summed E-state index contributed by atoms with van der Waals surface area (Å²) >= 11 is 5.92. The smallest absolute Gasteiger partial charge is 0.410 e. The summed E-state index contributed by atoms with van der Waals surface area (Å²) in [5.74, 6) is 0. The van der Waals surface area contributed by atoms with Gasteiger partial charge in [0.15, 0.2) is 5.15 Å². The Bertz CT molecular complexity index is 545. The number of hydrogen-bond donors (Lipinski definition) is 2. The summed E-state index contributed by atoms with van der Waals surface area (Å²) in [4.78, 5) is 17.8. The van der Waals surface area contributed by atoms with Crippen LogP contribution in [-0.4, -0.2) is 40.7 Å². The van der Waals surface area contributed by atoms with Crippen LogP contribution in [0.4, 0.5) is 16.2 Å². The fourth-order valence-electron chi connectivity index (χ4n) is 2.38. The molecule has 1 saturated heterocycles. The molecule has 0 aliphatic carbocycles. The Labute approximate surface area is 136 Å². The Balaban J connectivity index is 1.99. The SMILES string of the molecule is CC(C)(C)OC(=O)N1CCC[C@@H](Nc2ccnc(Cl)c2N)C1. The van der Waals surface area contributed by atoms with Crippen LogP contribution in [0.25, 0.3) is 0 Å². The van der Waals surface area contributed by atoms with Crippen molar-refractivity contribution in [3.05, 3.63) is 17.4 Å². The molecular weight excluding hydrogens is 304 g/mol. The second-order valence-corrected chi connectivity index (χ2v) is 6.83. The summed E-state index contributed by atoms with van der Waals surface area (Å²) in [7, 11) is 0. The third-order valence-corrected chi connectivity index (χ3v) is 3.68. The molecule has 1 aromatic rings. The second kappa shape index (κ2) is 6.60. The Kier molecular flexibility index (Phi) is 5.01. The molecule has 0 saturated carbocycles. The molecule has 2 rings (SSSR count). The number of piperidine rings is 1. The average Bonchev–Trinajstić information content (AvgIpc) is 2.42. The summed E-state index contributed by atoms with van der Waals surface area (Å²) in [6.45, 7) is 6.88. The molecule has 1 aliphatic heterocycles. The number of anilines is 2. The average molecular weight is 327 g/mol. The number of pyridine rings is 1. The van der Waals surface area contributed by atoms with Crippen molar-refractivity contribution in [1.82, 2.24) is 9.88 Å². The maximum atomic E-state index is 12.2. The van der Waals surface area contributed by atoms with Crippen molar-refractivity contribution in [2.45, 2.75) is 45.3 Å². The number of nitrogens with two attached hydrogens (primary N) is 1. The lowest BCUT2D eigenvalue weighted by Crippen LogP contribution is -2.47. The summed E-state index contributed by atoms with van der Waals surface area (Å²) in [6.07, 6.45) is 3.20. The minimum Gasteiger partial charge on any atom is -0.444 e. The van der Waals surface area contributed by atoms with E-state index in [0.29, 0.717) is 18.8 Å². The maximum absolute atomic E-state index is 12.2. The van der Waals surface area contributed by atoms with Crippen LogP contribution < -0.4 is 11.1 Å². The Morgan fingerprint density at radius 2 is 2.27 bits per heavy atom. The summed E-state index contributed by atoms with van der Waals surface area (Å²) in [6, 6.07) is 1.90. The number of hydrogen-bond acceptors (Lipinski definition) is 5. The van der Waals surface area contributed by atoms with Gasteiger partial charge in [0, 0.05) is 25.3 Å². The van der Waals surface area contributed by atoms with Crippen LogP contribution in [0.15, 0.2) is 12.3 Å². The first-order valence-corrected chi connectivity index (χ1v) is 7.78. The predicted molar refractivity (Wildman–Crippen MR) is 88.1 cm³/mol. The van der Waals surface area contributed by atoms with Gasteiger partial charge in [0.05, 0.1) is 11.4 Å². The van der Waals surface area contributed by atoms with Gasteiger partial charge in [-0.05, 0) is 39.7 Å². The van der Waals surface area contributed by atoms with Gasteiger partial charge in [-0.3, -0.25) is 0 Å². The zero-order chi connectivity index (χ0) is 16.3. The van der Waals surface area contributed by atoms with Crippen LogP contribution in [0.1, 0.15) is 33.6 Å². The summed E-state index contributed by atoms with van der Waals surface area (Å²) in [5.41, 5.74) is 6.61. The molecule has 0 aromatic carbocycles. The second-order valence-electron chi connectivity index (χ2n) is 6.47. The quantitative estimate of drug-likeness (QED) is 0.816. The largest absolute Gasteiger partial charge is 0.444 e. The molecule has 1 amide bonds. The Morgan fingerprint density at radius 3 is 2.95 bits per heavy atom. The molecule has 0 radical (unpaired) electrons. The van der Waals surface area contributed by atoms with E-state index < -0.39 is 5.60 Å². The van der Waals surface area contributed by atoms with Crippen LogP contribution in [0, 0.1) is 0 Å². The van der Waals surface area contributed by atoms with E-state index in [0.717, 1.165) is 18.5 Å². The monoisotopic (exact) mass is 326 g/mol. The van der Waals surface area contributed by atoms with Gasteiger partial charge in [0.25, 0.3) is 0 Å². The van der Waals surface area contributed by atoms with Crippen molar-refractivity contribution in [1.29, 1.82) is 0 Å². The van der Waals surface area contributed by atoms with E-state index in [-0.39, 0.29) is 17.3 Å². The highest BCUT2D eigenvalue weighted by Crippen LogP contribution is 2.26. The molecule has 7 heteroatoms. The molecule has 0 spiro atoms. The molecule has 0 bridgehead atoms. The lowest BCUT2D eigenvalue weighted by Gasteiger charge is -2.35. The number of halogens is 1. The lowest BCUT2D eigenvalue weighted by atomic mass is 10.1. The number of amides is 1. The van der Waals surface area contributed by atoms with Gasteiger partial charge in [0.2, 0.25) is 0 Å². The van der Waals surface area contributed by atoms with Crippen LogP contribution in [0.5, 0.6) is 0 Å². The first kappa shape index (κ1) is 16.7. The molecule has 3 N–H and O–H groups in total. The molecule has 122 valence electrons. The van der Waals surface area contributed by atoms with Crippen molar-refractivity contribution >= 4 is 29.1 Å². The van der Waals surface area contributed by atoms with Crippen molar-refractivity contribution in [2.75, 3.05) is 24.1 Å². The normalized spacial score (nSPS) is 18.9. The molecule has 6 nitrogen and oxygen atoms in total. The van der Waals surface area contributed by atoms with Gasteiger partial charge in [-0.2, -0.15) is 0 Å². The Morgan fingerprint density at radius 1 is 1.55 bits per heavy atom. The number of carbonyl (C=O) groups excluding carboxylic acids is 1. The van der Waals surface area contributed by atoms with Gasteiger partial charge < -0.3 is 20.7 Å². The Hall–Kier alpha value is -1.69. The number of carbonyl (C=O) groups is 1. The number of aromatic nitrogens is 1. The van der Waals surface area contributed by atoms with E-state index in [1.54, 1.807) is 17.2 Å². The van der Waals surface area contributed by atoms with Gasteiger partial charge in [-0.15, -0.1) is 0 Å². The molecule has 1 atom stereocenters. The van der Waals surface area contributed by atoms with Gasteiger partial charge in [-0.25, -0.2) is 9.78 Å². The van der Waals surface area contributed by atoms with Crippen LogP contribution in [-0.2, 0) is 4.74 Å². The van der Waals surface area contributed by atoms with Crippen LogP contribution in [0.2, 0.25) is 5.15 Å². The van der Waals surface area contributed by atoms with E-state index >= 15 is 0 Å². The number of likely N-dealkylation sites (tertiary alicyclic amines) is 1. The fourth-order valence-corrected chi connectivity index (χ4v) is 2.54. The number of nitrogens with zero attached hydrogens (tertiary/aromatic N) is 2. The van der Waals surface area contributed by atoms with Crippen LogP contribution >= 0.6 is 11.6 Å². The molecule has 1 aromatic heterocycles. The van der Waals surface area contributed by atoms with Crippen LogP contribution in [0.3, 0.4) is 0 Å². The van der Waals surface area contributed by atoms with E-state index in [9.17, 15) is 4.79 Å². The van der Waals surface area contributed by atoms with Gasteiger partial charge in [0.1, 0.15) is 5.60 Å². The molecule has 1 aliphatic rings. The number of ether oxygens (including phenoxy) is 1. The van der Waals surface area contributed by atoms with Gasteiger partial charge in [-0.1, -0.05) is 11.6 Å². The highest BCUT2D eigenvalue weighted by Gasteiger charge is 2.27. The molecule has 2 heterocycles. The highest BCUT2D eigenvalue weighted by molar-refractivity contribution is 6.32. The maximum Gasteiger partial charge on any atom is 0.410 e. The molecule has 22 heavy (non-hydrogen) atoms. The molecular formula is C15H23ClN4O2. The minimum atomic E-state index is -0.486. The van der Waals surface area contributed by atoms with E-state index in [1.807, 2.05) is 20.8 Å². The van der Waals surface area contributed by atoms with E-state index in [2.05, 4.69) is 10.3 Å². The summed E-state index contributed by atoms with van der Waals surface area (Å²) in [5, 5.41) is 3.62. The van der Waals surface area contributed by atoms with Gasteiger partial charge >= 0.3 is 6.09 Å². The highest BCUT2D eigenvalue weighted by atomic mass is 35.5. The van der Waals surface area contributed by atoms with Crippen molar-refractivity contribution in [3.8, 4) is 0 Å². The fraction of sp³-hybridized carbons (Fsp3) is 0.600. The van der Waals surface area contributed by atoms with E-state index in [4.69, 9.17) is 22.1 Å². The van der Waals surface area contributed by atoms with Crippen molar-refractivity contribution in [2.24, 2.45) is 0 Å². The zero-order valence-electron chi connectivity index (χ0n) is 13.2. The molecule has 0 unspecified atom stereocenters. The topological polar surface area (TPSA) is 80.5 Å². The standard InChI is InChI=1S/C15H23ClN4O2/c1-15(2,3)22-14(21)20-8-4-5-10(9-20)19-11-6-7-18-13(16)12(11)17/h6-7,10H,4-5,8-9,17H2,1-3H3,(H,18,19)/t10-/m1/s1.